The van der Waals surface area contributed by atoms with Crippen LogP contribution in [0.1, 0.15) is 117 Å². The van der Waals surface area contributed by atoms with Gasteiger partial charge in [-0.3, -0.25) is 38.4 Å². The summed E-state index contributed by atoms with van der Waals surface area (Å²) in [4.78, 5) is 102. The molecule has 0 aliphatic carbocycles. The van der Waals surface area contributed by atoms with E-state index in [9.17, 15) is 38.4 Å². The Labute approximate surface area is 470 Å². The van der Waals surface area contributed by atoms with Gasteiger partial charge in [-0.15, -0.1) is 17.4 Å². The highest BCUT2D eigenvalue weighted by Gasteiger charge is 2.31. The van der Waals surface area contributed by atoms with Gasteiger partial charge in [0, 0.05) is 51.0 Å². The summed E-state index contributed by atoms with van der Waals surface area (Å²) in [6, 6.07) is 14.1. The molecule has 3 aromatic rings. The Kier molecular flexibility index (Phi) is 37.8. The molecule has 0 aliphatic rings. The molecule has 440 valence electrons. The summed E-state index contributed by atoms with van der Waals surface area (Å²) >= 11 is 0. The maximum atomic E-state index is 13.0. The van der Waals surface area contributed by atoms with Crippen LogP contribution in [0.3, 0.4) is 0 Å². The number of hydrogen-bond acceptors (Lipinski definition) is 15. The van der Waals surface area contributed by atoms with Crippen LogP contribution in [-0.4, -0.2) is 133 Å². The predicted molar refractivity (Wildman–Crippen MR) is 299 cm³/mol. The van der Waals surface area contributed by atoms with Gasteiger partial charge in [0.2, 0.25) is 35.4 Å². The summed E-state index contributed by atoms with van der Waals surface area (Å²) < 4.78 is 23.1. The van der Waals surface area contributed by atoms with Crippen molar-refractivity contribution in [2.45, 2.75) is 151 Å². The minimum atomic E-state index is -1.21. The lowest BCUT2D eigenvalue weighted by Gasteiger charge is -2.23. The number of unbranched alkanes of at least 4 members (excludes halogenated alkanes) is 1. The second kappa shape index (κ2) is 43.1. The third kappa shape index (κ3) is 34.8. The molecule has 24 nitrogen and oxygen atoms in total. The average Bonchev–Trinajstić information content (AvgIpc) is 3.87. The van der Waals surface area contributed by atoms with Crippen LogP contribution in [0, 0.1) is 24.2 Å². The molecule has 0 spiro atoms. The minimum Gasteiger partial charge on any atom is -0.461 e. The Morgan fingerprint density at radius 1 is 0.650 bits per heavy atom. The molecule has 6 amide bonds. The van der Waals surface area contributed by atoms with Crippen molar-refractivity contribution in [1.29, 1.82) is 0 Å². The number of benzene rings is 2. The molecule has 0 saturated heterocycles. The zero-order chi connectivity index (χ0) is 59.5. The number of nitrogens with zero attached hydrogens (tertiary/aromatic N) is 6. The number of rotatable bonds is 35. The molecule has 0 aliphatic heterocycles. The average molecular weight is 1120 g/mol. The van der Waals surface area contributed by atoms with Gasteiger partial charge in [0.1, 0.15) is 37.4 Å². The number of aryl methyl sites for hydroxylation is 1. The van der Waals surface area contributed by atoms with E-state index >= 15 is 0 Å². The number of carbonyl (C=O) groups is 8. The number of hydrogen-bond donors (Lipinski definition) is 6. The van der Waals surface area contributed by atoms with Crippen molar-refractivity contribution in [3.8, 4) is 12.3 Å². The van der Waals surface area contributed by atoms with E-state index in [2.05, 4.69) is 72.0 Å². The first-order chi connectivity index (χ1) is 38.3. The Morgan fingerprint density at radius 3 is 1.50 bits per heavy atom. The van der Waals surface area contributed by atoms with Crippen LogP contribution >= 0.6 is 0 Å². The molecular weight excluding hydrogens is 1030 g/mol. The summed E-state index contributed by atoms with van der Waals surface area (Å²) in [6.45, 7) is 16.4. The van der Waals surface area contributed by atoms with E-state index in [1.807, 2.05) is 82.4 Å². The lowest BCUT2D eigenvalue weighted by molar-refractivity contribution is -0.148. The molecule has 0 bridgehead atoms. The molecule has 0 fully saturated rings. The summed E-state index contributed by atoms with van der Waals surface area (Å²) in [5, 5.41) is 27.1. The molecule has 3 rings (SSSR count). The number of nitrogens with one attached hydrogen (secondary N) is 6. The SMILES string of the molecule is C#CCCC.CC(=O)N[C@H](CC(C)C)C(=O)N[C@@H](CC(=O)OCc1ccccc1)C(=O)NCCOCCN=[N+]=[N-].CCCc1cn(CCOCCNC(=O)[C@H](CC(=O)OCc2ccccc2)NC(=O)[C@@H](CC(C)C)NC(C)=O)nn1. The van der Waals surface area contributed by atoms with Crippen LogP contribution in [0.25, 0.3) is 10.4 Å². The first-order valence-corrected chi connectivity index (χ1v) is 26.9. The highest BCUT2D eigenvalue weighted by atomic mass is 16.5. The number of amides is 6. The quantitative estimate of drug-likeness (QED) is 0.0118. The van der Waals surface area contributed by atoms with E-state index in [0.29, 0.717) is 26.0 Å². The van der Waals surface area contributed by atoms with Gasteiger partial charge in [0.25, 0.3) is 0 Å². The van der Waals surface area contributed by atoms with Crippen molar-refractivity contribution in [1.82, 2.24) is 46.9 Å². The van der Waals surface area contributed by atoms with E-state index in [1.165, 1.54) is 13.8 Å². The first-order valence-electron chi connectivity index (χ1n) is 26.9. The number of azide groups is 1. The monoisotopic (exact) mass is 1120 g/mol. The Morgan fingerprint density at radius 2 is 1.11 bits per heavy atom. The first kappa shape index (κ1) is 70.1. The van der Waals surface area contributed by atoms with Crippen LogP contribution in [0.5, 0.6) is 0 Å². The van der Waals surface area contributed by atoms with Crippen molar-refractivity contribution < 1.29 is 57.3 Å². The zero-order valence-corrected chi connectivity index (χ0v) is 47.7. The minimum absolute atomic E-state index is 0.0306. The van der Waals surface area contributed by atoms with Crippen LogP contribution in [-0.2, 0) is 83.5 Å². The van der Waals surface area contributed by atoms with Gasteiger partial charge >= 0.3 is 11.9 Å². The fraction of sp³-hybridized carbons (Fsp3) is 0.571. The van der Waals surface area contributed by atoms with Gasteiger partial charge < -0.3 is 50.8 Å². The predicted octanol–water partition coefficient (Wildman–Crippen LogP) is 4.55. The lowest BCUT2D eigenvalue weighted by atomic mass is 10.0. The molecule has 0 saturated carbocycles. The van der Waals surface area contributed by atoms with Crippen molar-refractivity contribution in [3.05, 3.63) is 94.1 Å². The number of carbonyl (C=O) groups excluding carboxylic acids is 8. The molecule has 2 aromatic carbocycles. The third-order valence-electron chi connectivity index (χ3n) is 10.7. The molecule has 0 unspecified atom stereocenters. The fourth-order valence-corrected chi connectivity index (χ4v) is 7.00. The Hall–Kier alpha value is -7.87. The zero-order valence-electron chi connectivity index (χ0n) is 47.7. The molecule has 80 heavy (non-hydrogen) atoms. The summed E-state index contributed by atoms with van der Waals surface area (Å²) in [6.07, 6.45) is 10.6. The fourth-order valence-electron chi connectivity index (χ4n) is 7.00. The highest BCUT2D eigenvalue weighted by molar-refractivity contribution is 5.94. The molecule has 24 heteroatoms. The molecule has 4 atom stereocenters. The molecular formula is C56H84N12O12. The van der Waals surface area contributed by atoms with Crippen LogP contribution in [0.4, 0.5) is 0 Å². The number of aromatic nitrogens is 3. The van der Waals surface area contributed by atoms with E-state index in [0.717, 1.165) is 42.5 Å². The number of terminal acetylenes is 1. The Balaban J connectivity index is 0.000000742. The third-order valence-corrected chi connectivity index (χ3v) is 10.7. The van der Waals surface area contributed by atoms with Gasteiger partial charge in [-0.2, -0.15) is 0 Å². The molecule has 6 N–H and O–H groups in total. The largest absolute Gasteiger partial charge is 0.461 e. The van der Waals surface area contributed by atoms with Gasteiger partial charge in [0.15, 0.2) is 0 Å². The smallest absolute Gasteiger partial charge is 0.308 e. The molecule has 0 radical (unpaired) electrons. The standard InChI is InChI=1S/C28H42N6O6.C23H34N6O6.C5H8/c1-5-9-23-18-34(33-32-23)13-15-39-14-12-29-27(37)25(17-26(36)40-19-22-10-7-6-8-11-22)31-28(38)24(16-20(2)3)30-21(4)35;1-16(2)13-19(27-17(3)30)23(33)28-20(22(32)25-9-11-34-12-10-26-29-24)14-21(31)35-15-18-7-5-4-6-8-18;1-3-5-4-2/h6-8,10-11,18,20,24-25H,5,9,12-17,19H2,1-4H3,(H,29,37)(H,30,35)(H,31,38);4-8,16,19-20H,9-15H2,1-3H3,(H,25,32)(H,27,30)(H,28,33);1H,4-5H2,2H3/t24-,25+;19-,20+;/m11./s1. The molecule has 1 heterocycles. The van der Waals surface area contributed by atoms with Gasteiger partial charge in [0.05, 0.1) is 51.5 Å². The van der Waals surface area contributed by atoms with Crippen LogP contribution in [0.2, 0.25) is 0 Å². The van der Waals surface area contributed by atoms with E-state index in [-0.39, 0.29) is 82.7 Å². The highest BCUT2D eigenvalue weighted by Crippen LogP contribution is 2.10. The topological polar surface area (TPSA) is 325 Å². The Bertz CT molecular complexity index is 2390. The van der Waals surface area contributed by atoms with Gasteiger partial charge in [-0.25, -0.2) is 4.68 Å². The summed E-state index contributed by atoms with van der Waals surface area (Å²) in [7, 11) is 0. The number of ether oxygens (including phenoxy) is 4. The van der Waals surface area contributed by atoms with Crippen LogP contribution in [0.15, 0.2) is 72.0 Å². The van der Waals surface area contributed by atoms with Crippen molar-refractivity contribution in [3.63, 3.8) is 0 Å². The molecule has 1 aromatic heterocycles. The van der Waals surface area contributed by atoms with Crippen LogP contribution < -0.4 is 31.9 Å². The second-order valence-electron chi connectivity index (χ2n) is 19.0. The number of esters is 2. The van der Waals surface area contributed by atoms with Gasteiger partial charge in [-0.1, -0.05) is 119 Å². The maximum absolute atomic E-state index is 13.0. The van der Waals surface area contributed by atoms with E-state index in [4.69, 9.17) is 30.9 Å². The van der Waals surface area contributed by atoms with Crippen molar-refractivity contribution >= 4 is 47.4 Å². The van der Waals surface area contributed by atoms with Crippen molar-refractivity contribution in [2.24, 2.45) is 17.0 Å². The summed E-state index contributed by atoms with van der Waals surface area (Å²) in [5.41, 5.74) is 10.7. The van der Waals surface area contributed by atoms with E-state index < -0.39 is 66.2 Å². The normalized spacial score (nSPS) is 11.9. The van der Waals surface area contributed by atoms with E-state index in [1.54, 1.807) is 16.8 Å². The maximum Gasteiger partial charge on any atom is 0.308 e. The van der Waals surface area contributed by atoms with Gasteiger partial charge in [-0.05, 0) is 54.2 Å². The second-order valence-corrected chi connectivity index (χ2v) is 19.0. The summed E-state index contributed by atoms with van der Waals surface area (Å²) in [5.74, 6) is -1.61. The van der Waals surface area contributed by atoms with Crippen molar-refractivity contribution in [2.75, 3.05) is 46.1 Å². The lowest BCUT2D eigenvalue weighted by Crippen LogP contribution is -2.54.